The van der Waals surface area contributed by atoms with E-state index in [9.17, 15) is 13.5 Å². The van der Waals surface area contributed by atoms with Crippen LogP contribution in [0.15, 0.2) is 48.5 Å². The number of fused-ring (bicyclic) bond motifs is 1. The highest BCUT2D eigenvalue weighted by molar-refractivity contribution is 7.87. The van der Waals surface area contributed by atoms with Crippen LogP contribution in [-0.4, -0.2) is 40.9 Å². The zero-order valence-electron chi connectivity index (χ0n) is 15.8. The molecule has 1 aromatic heterocycles. The molecule has 1 atom stereocenters. The van der Waals surface area contributed by atoms with Crippen molar-refractivity contribution in [2.45, 2.75) is 19.4 Å². The van der Waals surface area contributed by atoms with Gasteiger partial charge in [-0.1, -0.05) is 50.2 Å². The average molecular weight is 388 g/mol. The van der Waals surface area contributed by atoms with Gasteiger partial charge in [-0.05, 0) is 29.2 Å². The number of nitrogens with two attached hydrogens (primary N) is 1. The molecule has 0 amide bonds. The highest BCUT2D eigenvalue weighted by Gasteiger charge is 2.36. The van der Waals surface area contributed by atoms with Gasteiger partial charge in [0.05, 0.1) is 11.0 Å². The second-order valence-corrected chi connectivity index (χ2v) is 9.01. The summed E-state index contributed by atoms with van der Waals surface area (Å²) in [6, 6.07) is 14.4. The number of nitrogens with zero attached hydrogens (tertiary/aromatic N) is 3. The second kappa shape index (κ2) is 6.63. The van der Waals surface area contributed by atoms with E-state index in [0.717, 1.165) is 13.8 Å². The molecule has 0 saturated carbocycles. The molecule has 3 N–H and O–H groups in total. The summed E-state index contributed by atoms with van der Waals surface area (Å²) in [5, 5.41) is 11.6. The lowest BCUT2D eigenvalue weighted by Gasteiger charge is -2.33. The molecule has 0 spiro atoms. The van der Waals surface area contributed by atoms with E-state index in [2.05, 4.69) is 4.98 Å². The number of benzene rings is 2. The van der Waals surface area contributed by atoms with Gasteiger partial charge in [0.1, 0.15) is 5.60 Å². The first-order valence-corrected chi connectivity index (χ1v) is 9.99. The summed E-state index contributed by atoms with van der Waals surface area (Å²) in [6.45, 7) is 3.83. The van der Waals surface area contributed by atoms with Crippen LogP contribution in [0.3, 0.4) is 0 Å². The first kappa shape index (κ1) is 19.3. The van der Waals surface area contributed by atoms with Crippen molar-refractivity contribution in [3.05, 3.63) is 59.7 Å². The van der Waals surface area contributed by atoms with Crippen molar-refractivity contribution >= 4 is 27.2 Å². The van der Waals surface area contributed by atoms with Gasteiger partial charge in [0.2, 0.25) is 5.95 Å². The molecular weight excluding hydrogens is 364 g/mol. The van der Waals surface area contributed by atoms with E-state index >= 15 is 0 Å². The maximum Gasteiger partial charge on any atom is 0.310 e. The van der Waals surface area contributed by atoms with Crippen molar-refractivity contribution in [3.8, 4) is 0 Å². The van der Waals surface area contributed by atoms with E-state index in [1.165, 1.54) is 14.1 Å². The van der Waals surface area contributed by atoms with Crippen LogP contribution in [0.1, 0.15) is 25.0 Å². The molecular formula is C19H24N4O3S. The molecule has 144 valence electrons. The number of aromatic nitrogens is 2. The van der Waals surface area contributed by atoms with Crippen molar-refractivity contribution < 1.29 is 13.5 Å². The molecule has 0 aliphatic rings. The third-order valence-corrected chi connectivity index (χ3v) is 6.59. The van der Waals surface area contributed by atoms with E-state index < -0.39 is 15.8 Å². The minimum atomic E-state index is -3.86. The fourth-order valence-corrected chi connectivity index (χ4v) is 4.24. The van der Waals surface area contributed by atoms with Crippen molar-refractivity contribution in [2.24, 2.45) is 5.92 Å². The third-order valence-electron chi connectivity index (χ3n) is 4.82. The molecule has 2 aromatic carbocycles. The van der Waals surface area contributed by atoms with Gasteiger partial charge in [-0.25, -0.2) is 4.98 Å². The smallest absolute Gasteiger partial charge is 0.310 e. The fourth-order valence-electron chi connectivity index (χ4n) is 3.24. The Labute approximate surface area is 159 Å². The molecule has 1 heterocycles. The highest BCUT2D eigenvalue weighted by atomic mass is 32.2. The lowest BCUT2D eigenvalue weighted by molar-refractivity contribution is 0.0319. The Morgan fingerprint density at radius 1 is 1.11 bits per heavy atom. The molecule has 3 rings (SSSR count). The zero-order valence-corrected chi connectivity index (χ0v) is 16.6. The summed E-state index contributed by atoms with van der Waals surface area (Å²) >= 11 is 0. The quantitative estimate of drug-likeness (QED) is 0.697. The van der Waals surface area contributed by atoms with E-state index in [-0.39, 0.29) is 11.9 Å². The average Bonchev–Trinajstić information content (AvgIpc) is 2.96. The predicted molar refractivity (Wildman–Crippen MR) is 106 cm³/mol. The molecule has 8 heteroatoms. The van der Waals surface area contributed by atoms with Crippen LogP contribution >= 0.6 is 0 Å². The highest BCUT2D eigenvalue weighted by Crippen LogP contribution is 2.38. The van der Waals surface area contributed by atoms with E-state index in [4.69, 9.17) is 5.73 Å². The van der Waals surface area contributed by atoms with E-state index in [0.29, 0.717) is 16.6 Å². The Kier molecular flexibility index (Phi) is 4.75. The van der Waals surface area contributed by atoms with Crippen LogP contribution in [0, 0.1) is 5.92 Å². The molecule has 27 heavy (non-hydrogen) atoms. The molecule has 7 nitrogen and oxygen atoms in total. The van der Waals surface area contributed by atoms with Crippen molar-refractivity contribution in [1.29, 1.82) is 0 Å². The lowest BCUT2D eigenvalue weighted by atomic mass is 9.78. The van der Waals surface area contributed by atoms with Crippen LogP contribution < -0.4 is 5.73 Å². The normalized spacial score (nSPS) is 14.8. The molecule has 0 radical (unpaired) electrons. The van der Waals surface area contributed by atoms with E-state index in [1.807, 2.05) is 44.2 Å². The number of aliphatic hydroxyl groups is 1. The molecule has 0 aliphatic carbocycles. The van der Waals surface area contributed by atoms with Crippen LogP contribution in [0.4, 0.5) is 5.95 Å². The van der Waals surface area contributed by atoms with Gasteiger partial charge >= 0.3 is 10.2 Å². The SMILES string of the molecule is CC(C)C(O)(c1ccccc1)c1ccc2nc(N)n(S(=O)(=O)N(C)C)c2c1. The lowest BCUT2D eigenvalue weighted by Crippen LogP contribution is -2.33. The van der Waals surface area contributed by atoms with Crippen molar-refractivity contribution in [3.63, 3.8) is 0 Å². The molecule has 0 saturated heterocycles. The number of nitrogen functional groups attached to an aromatic ring is 1. The maximum atomic E-state index is 12.7. The predicted octanol–water partition coefficient (Wildman–Crippen LogP) is 2.16. The Morgan fingerprint density at radius 2 is 1.74 bits per heavy atom. The Bertz CT molecular complexity index is 1080. The monoisotopic (exact) mass is 388 g/mol. The van der Waals surface area contributed by atoms with Gasteiger partial charge < -0.3 is 10.8 Å². The molecule has 1 unspecified atom stereocenters. The number of anilines is 1. The first-order valence-electron chi connectivity index (χ1n) is 8.59. The summed E-state index contributed by atoms with van der Waals surface area (Å²) in [4.78, 5) is 4.16. The number of rotatable bonds is 5. The molecule has 3 aromatic rings. The first-order chi connectivity index (χ1) is 12.6. The Balaban J connectivity index is 2.31. The topological polar surface area (TPSA) is 101 Å². The summed E-state index contributed by atoms with van der Waals surface area (Å²) in [5.74, 6) is -0.278. The summed E-state index contributed by atoms with van der Waals surface area (Å²) < 4.78 is 27.5. The zero-order chi connectivity index (χ0) is 20.0. The number of hydrogen-bond donors (Lipinski definition) is 2. The van der Waals surface area contributed by atoms with Crippen LogP contribution in [0.2, 0.25) is 0 Å². The van der Waals surface area contributed by atoms with Gasteiger partial charge in [0.15, 0.2) is 0 Å². The van der Waals surface area contributed by atoms with Gasteiger partial charge in [-0.3, -0.25) is 0 Å². The fraction of sp³-hybridized carbons (Fsp3) is 0.316. The molecule has 0 bridgehead atoms. The van der Waals surface area contributed by atoms with Crippen LogP contribution in [-0.2, 0) is 15.8 Å². The van der Waals surface area contributed by atoms with E-state index in [1.54, 1.807) is 18.2 Å². The molecule has 0 aliphatic heterocycles. The summed E-state index contributed by atoms with van der Waals surface area (Å²) in [7, 11) is -0.998. The van der Waals surface area contributed by atoms with Gasteiger partial charge in [-0.2, -0.15) is 16.7 Å². The maximum absolute atomic E-state index is 12.7. The summed E-state index contributed by atoms with van der Waals surface area (Å²) in [6.07, 6.45) is 0. The van der Waals surface area contributed by atoms with Gasteiger partial charge in [0, 0.05) is 14.1 Å². The van der Waals surface area contributed by atoms with Gasteiger partial charge in [-0.15, -0.1) is 0 Å². The Hall–Kier alpha value is -2.42. The largest absolute Gasteiger partial charge is 0.380 e. The standard InChI is InChI=1S/C19H24N4O3S/c1-13(2)19(24,14-8-6-5-7-9-14)15-10-11-16-17(12-15)23(18(20)21-16)27(25,26)22(3)4/h5-13,24H,1-4H3,(H2,20,21). The number of imidazole rings is 1. The van der Waals surface area contributed by atoms with Crippen LogP contribution in [0.25, 0.3) is 11.0 Å². The minimum absolute atomic E-state index is 0.122. The third kappa shape index (κ3) is 2.99. The van der Waals surface area contributed by atoms with Crippen molar-refractivity contribution in [1.82, 2.24) is 13.3 Å². The molecule has 0 fully saturated rings. The second-order valence-electron chi connectivity index (χ2n) is 7.02. The van der Waals surface area contributed by atoms with Gasteiger partial charge in [0.25, 0.3) is 0 Å². The summed E-state index contributed by atoms with van der Waals surface area (Å²) in [5.41, 5.74) is 6.68. The Morgan fingerprint density at radius 3 is 2.30 bits per heavy atom. The van der Waals surface area contributed by atoms with Crippen molar-refractivity contribution in [2.75, 3.05) is 19.8 Å². The minimum Gasteiger partial charge on any atom is -0.380 e. The number of hydrogen-bond acceptors (Lipinski definition) is 5. The van der Waals surface area contributed by atoms with Crippen LogP contribution in [0.5, 0.6) is 0 Å².